The molecule has 28 heavy (non-hydrogen) atoms. The number of benzene rings is 1. The van der Waals surface area contributed by atoms with Gasteiger partial charge in [-0.1, -0.05) is 12.1 Å². The van der Waals surface area contributed by atoms with Crippen molar-refractivity contribution in [3.8, 4) is 0 Å². The predicted molar refractivity (Wildman–Crippen MR) is 100.0 cm³/mol. The molecule has 1 aromatic rings. The number of piperidine rings is 1. The van der Waals surface area contributed by atoms with Crippen LogP contribution in [0.1, 0.15) is 40.5 Å². The van der Waals surface area contributed by atoms with Gasteiger partial charge in [-0.05, 0) is 31.9 Å². The van der Waals surface area contributed by atoms with Crippen molar-refractivity contribution in [3.05, 3.63) is 35.4 Å². The van der Waals surface area contributed by atoms with E-state index in [0.717, 1.165) is 4.90 Å². The molecule has 0 atom stereocenters. The molecule has 0 aliphatic carbocycles. The van der Waals surface area contributed by atoms with E-state index in [2.05, 4.69) is 10.6 Å². The summed E-state index contributed by atoms with van der Waals surface area (Å²) in [7, 11) is 0. The zero-order chi connectivity index (χ0) is 20.1. The van der Waals surface area contributed by atoms with Gasteiger partial charge in [-0.3, -0.25) is 14.5 Å². The average molecular weight is 388 g/mol. The summed E-state index contributed by atoms with van der Waals surface area (Å²) in [6, 6.07) is 6.28. The molecular formula is C19H24N4O5. The lowest BCUT2D eigenvalue weighted by atomic mass is 10.1. The summed E-state index contributed by atoms with van der Waals surface area (Å²) >= 11 is 0. The van der Waals surface area contributed by atoms with Crippen molar-refractivity contribution in [1.29, 1.82) is 0 Å². The number of nitrogens with zero attached hydrogens (tertiary/aromatic N) is 2. The summed E-state index contributed by atoms with van der Waals surface area (Å²) in [5.74, 6) is -0.678. The Morgan fingerprint density at radius 3 is 2.29 bits per heavy atom. The molecule has 1 saturated heterocycles. The van der Waals surface area contributed by atoms with Gasteiger partial charge in [0, 0.05) is 32.2 Å². The zero-order valence-corrected chi connectivity index (χ0v) is 15.8. The van der Waals surface area contributed by atoms with E-state index >= 15 is 0 Å². The fraction of sp³-hybridized carbons (Fsp3) is 0.474. The Bertz CT molecular complexity index is 738. The van der Waals surface area contributed by atoms with Crippen LogP contribution >= 0.6 is 0 Å². The summed E-state index contributed by atoms with van der Waals surface area (Å²) in [5.41, 5.74) is 0.788. The van der Waals surface area contributed by atoms with Gasteiger partial charge in [-0.2, -0.15) is 0 Å². The summed E-state index contributed by atoms with van der Waals surface area (Å²) in [6.07, 6.45) is 0.960. The van der Waals surface area contributed by atoms with E-state index in [1.165, 1.54) is 0 Å². The molecule has 0 spiro atoms. The Labute approximate surface area is 163 Å². The van der Waals surface area contributed by atoms with Gasteiger partial charge in [-0.25, -0.2) is 9.59 Å². The highest BCUT2D eigenvalue weighted by atomic mass is 16.6. The van der Waals surface area contributed by atoms with E-state index in [0.29, 0.717) is 43.7 Å². The van der Waals surface area contributed by atoms with Crippen LogP contribution in [0.2, 0.25) is 0 Å². The van der Waals surface area contributed by atoms with Gasteiger partial charge >= 0.3 is 12.1 Å². The number of fused-ring (bicyclic) bond motifs is 1. The maximum Gasteiger partial charge on any atom is 0.409 e. The number of urea groups is 1. The van der Waals surface area contributed by atoms with Crippen molar-refractivity contribution in [3.63, 3.8) is 0 Å². The molecule has 3 rings (SSSR count). The number of imide groups is 1. The van der Waals surface area contributed by atoms with Gasteiger partial charge in [-0.15, -0.1) is 0 Å². The minimum Gasteiger partial charge on any atom is -0.450 e. The second-order valence-corrected chi connectivity index (χ2v) is 6.67. The third-order valence-electron chi connectivity index (χ3n) is 4.86. The quantitative estimate of drug-likeness (QED) is 0.737. The first-order chi connectivity index (χ1) is 13.5. The van der Waals surface area contributed by atoms with Crippen LogP contribution in [0.15, 0.2) is 24.3 Å². The van der Waals surface area contributed by atoms with Crippen LogP contribution in [0.4, 0.5) is 9.59 Å². The van der Waals surface area contributed by atoms with Crippen LogP contribution in [0, 0.1) is 0 Å². The molecule has 1 fully saturated rings. The number of rotatable bonds is 5. The van der Waals surface area contributed by atoms with E-state index in [1.54, 1.807) is 36.1 Å². The molecule has 0 radical (unpaired) electrons. The fourth-order valence-electron chi connectivity index (χ4n) is 3.38. The van der Waals surface area contributed by atoms with E-state index in [4.69, 9.17) is 4.74 Å². The minimum absolute atomic E-state index is 0.0371. The lowest BCUT2D eigenvalue weighted by molar-refractivity contribution is 0.0655. The first-order valence-electron chi connectivity index (χ1n) is 9.42. The number of likely N-dealkylation sites (tertiary alicyclic amines) is 1. The van der Waals surface area contributed by atoms with Crippen molar-refractivity contribution in [2.45, 2.75) is 25.8 Å². The summed E-state index contributed by atoms with van der Waals surface area (Å²) in [5, 5.41) is 5.54. The van der Waals surface area contributed by atoms with Crippen molar-refractivity contribution in [2.24, 2.45) is 0 Å². The molecule has 5 amide bonds. The maximum atomic E-state index is 12.3. The number of hydrogen-bond donors (Lipinski definition) is 2. The fourth-order valence-corrected chi connectivity index (χ4v) is 3.38. The van der Waals surface area contributed by atoms with Gasteiger partial charge in [0.1, 0.15) is 0 Å². The molecule has 2 N–H and O–H groups in total. The van der Waals surface area contributed by atoms with Gasteiger partial charge in [0.15, 0.2) is 0 Å². The molecule has 2 heterocycles. The normalized spacial score (nSPS) is 16.8. The monoisotopic (exact) mass is 388 g/mol. The highest BCUT2D eigenvalue weighted by molar-refractivity contribution is 6.21. The summed E-state index contributed by atoms with van der Waals surface area (Å²) in [4.78, 5) is 51.0. The van der Waals surface area contributed by atoms with Crippen molar-refractivity contribution in [1.82, 2.24) is 20.4 Å². The number of amides is 5. The van der Waals surface area contributed by atoms with Gasteiger partial charge in [0.25, 0.3) is 11.8 Å². The van der Waals surface area contributed by atoms with Crippen molar-refractivity contribution >= 4 is 23.9 Å². The molecular weight excluding hydrogens is 364 g/mol. The smallest absolute Gasteiger partial charge is 0.409 e. The molecule has 9 heteroatoms. The number of carbonyl (C=O) groups is 4. The van der Waals surface area contributed by atoms with Crippen LogP contribution < -0.4 is 10.6 Å². The highest BCUT2D eigenvalue weighted by Crippen LogP contribution is 2.21. The number of ether oxygens (including phenoxy) is 1. The Hall–Kier alpha value is -3.10. The Kier molecular flexibility index (Phi) is 6.13. The predicted octanol–water partition coefficient (Wildman–Crippen LogP) is 1.20. The van der Waals surface area contributed by atoms with Crippen LogP contribution in [0.25, 0.3) is 0 Å². The average Bonchev–Trinajstić information content (AvgIpc) is 2.94. The van der Waals surface area contributed by atoms with E-state index in [-0.39, 0.29) is 43.1 Å². The number of hydrogen-bond acceptors (Lipinski definition) is 5. The highest BCUT2D eigenvalue weighted by Gasteiger charge is 2.34. The molecule has 2 aliphatic heterocycles. The van der Waals surface area contributed by atoms with Crippen molar-refractivity contribution < 1.29 is 23.9 Å². The second kappa shape index (κ2) is 8.73. The van der Waals surface area contributed by atoms with Gasteiger partial charge in [0.05, 0.1) is 17.7 Å². The third kappa shape index (κ3) is 4.24. The molecule has 0 aromatic heterocycles. The van der Waals surface area contributed by atoms with Crippen LogP contribution in [-0.4, -0.2) is 72.6 Å². The molecule has 0 bridgehead atoms. The molecule has 0 unspecified atom stereocenters. The van der Waals surface area contributed by atoms with Crippen LogP contribution in [0.3, 0.4) is 0 Å². The van der Waals surface area contributed by atoms with E-state index in [9.17, 15) is 19.2 Å². The van der Waals surface area contributed by atoms with E-state index in [1.807, 2.05) is 0 Å². The Morgan fingerprint density at radius 2 is 1.71 bits per heavy atom. The molecule has 150 valence electrons. The third-order valence-corrected chi connectivity index (χ3v) is 4.86. The van der Waals surface area contributed by atoms with E-state index < -0.39 is 0 Å². The van der Waals surface area contributed by atoms with Crippen LogP contribution in [0.5, 0.6) is 0 Å². The topological polar surface area (TPSA) is 108 Å². The lowest BCUT2D eigenvalue weighted by Gasteiger charge is -2.31. The van der Waals surface area contributed by atoms with Gasteiger partial charge in [0.2, 0.25) is 0 Å². The first kappa shape index (κ1) is 19.7. The Morgan fingerprint density at radius 1 is 1.11 bits per heavy atom. The molecule has 1 aromatic carbocycles. The van der Waals surface area contributed by atoms with Crippen molar-refractivity contribution in [2.75, 3.05) is 32.8 Å². The zero-order valence-electron chi connectivity index (χ0n) is 15.8. The number of nitrogens with one attached hydrogen (secondary N) is 2. The standard InChI is InChI=1S/C19H24N4O5/c1-2-28-19(27)22-10-7-13(8-11-22)21-18(26)20-9-12-23-16(24)14-5-3-4-6-15(14)17(23)25/h3-6,13H,2,7-12H2,1H3,(H2,20,21,26). The largest absolute Gasteiger partial charge is 0.450 e. The summed E-state index contributed by atoms with van der Waals surface area (Å²) in [6.45, 7) is 3.43. The minimum atomic E-state index is -0.355. The maximum absolute atomic E-state index is 12.3. The van der Waals surface area contributed by atoms with Crippen LogP contribution in [-0.2, 0) is 4.74 Å². The second-order valence-electron chi connectivity index (χ2n) is 6.67. The van der Waals surface area contributed by atoms with Gasteiger partial charge < -0.3 is 20.3 Å². The number of carbonyl (C=O) groups excluding carboxylic acids is 4. The molecule has 0 saturated carbocycles. The molecule has 9 nitrogen and oxygen atoms in total. The lowest BCUT2D eigenvalue weighted by Crippen LogP contribution is -2.50. The SMILES string of the molecule is CCOC(=O)N1CCC(NC(=O)NCCN2C(=O)c3ccccc3C2=O)CC1. The summed E-state index contributed by atoms with van der Waals surface area (Å²) < 4.78 is 4.97. The molecule has 2 aliphatic rings. The Balaban J connectivity index is 1.39. The first-order valence-corrected chi connectivity index (χ1v) is 9.42.